The van der Waals surface area contributed by atoms with Crippen LogP contribution in [0.2, 0.25) is 0 Å². The molecule has 0 atom stereocenters. The molecule has 5 heteroatoms. The van der Waals surface area contributed by atoms with E-state index in [1.807, 2.05) is 6.92 Å². The lowest BCUT2D eigenvalue weighted by Gasteiger charge is -2.23. The van der Waals surface area contributed by atoms with Crippen LogP contribution < -0.4 is 5.32 Å². The molecule has 0 bridgehead atoms. The van der Waals surface area contributed by atoms with Crippen molar-refractivity contribution in [3.8, 4) is 0 Å². The summed E-state index contributed by atoms with van der Waals surface area (Å²) in [6, 6.07) is 3.11. The summed E-state index contributed by atoms with van der Waals surface area (Å²) >= 11 is 3.14. The summed E-state index contributed by atoms with van der Waals surface area (Å²) in [4.78, 5) is 11.5. The Bertz CT molecular complexity index is 461. The van der Waals surface area contributed by atoms with Crippen molar-refractivity contribution in [2.24, 2.45) is 5.41 Å². The van der Waals surface area contributed by atoms with Crippen LogP contribution in [-0.2, 0) is 9.53 Å². The topological polar surface area (TPSA) is 38.3 Å². The molecular formula is C13H17BrFNO2. The van der Waals surface area contributed by atoms with Gasteiger partial charge < -0.3 is 10.1 Å². The molecule has 0 fully saturated rings. The van der Waals surface area contributed by atoms with E-state index in [1.54, 1.807) is 19.9 Å². The average Bonchev–Trinajstić information content (AvgIpc) is 2.31. The standard InChI is InChI=1S/C13H17BrFNO2/c1-8-5-10(15)9(14)6-11(8)16-7-13(2,3)12(17)18-4/h5-6,16H,7H2,1-4H3. The van der Waals surface area contributed by atoms with Gasteiger partial charge in [0, 0.05) is 12.2 Å². The van der Waals surface area contributed by atoms with E-state index < -0.39 is 5.41 Å². The molecule has 1 aromatic carbocycles. The first-order valence-electron chi connectivity index (χ1n) is 5.56. The maximum Gasteiger partial charge on any atom is 0.313 e. The first-order valence-corrected chi connectivity index (χ1v) is 6.35. The second-order valence-electron chi connectivity index (χ2n) is 4.81. The number of nitrogens with one attached hydrogen (secondary N) is 1. The Kier molecular flexibility index (Phi) is 4.73. The van der Waals surface area contributed by atoms with Crippen LogP contribution in [0, 0.1) is 18.2 Å². The lowest BCUT2D eigenvalue weighted by Crippen LogP contribution is -2.33. The molecular weight excluding hydrogens is 301 g/mol. The third-order valence-electron chi connectivity index (χ3n) is 2.73. The van der Waals surface area contributed by atoms with E-state index in [9.17, 15) is 9.18 Å². The van der Waals surface area contributed by atoms with E-state index in [2.05, 4.69) is 21.2 Å². The molecule has 0 unspecified atom stereocenters. The summed E-state index contributed by atoms with van der Waals surface area (Å²) in [6.45, 7) is 5.81. The van der Waals surface area contributed by atoms with Crippen LogP contribution in [0.4, 0.5) is 10.1 Å². The molecule has 0 aliphatic heterocycles. The number of aryl methyl sites for hydroxylation is 1. The van der Waals surface area contributed by atoms with Gasteiger partial charge in [-0.05, 0) is 54.4 Å². The molecule has 1 aromatic rings. The molecule has 100 valence electrons. The van der Waals surface area contributed by atoms with Gasteiger partial charge >= 0.3 is 5.97 Å². The Morgan fingerprint density at radius 3 is 2.67 bits per heavy atom. The fourth-order valence-electron chi connectivity index (χ4n) is 1.50. The number of hydrogen-bond donors (Lipinski definition) is 1. The Morgan fingerprint density at radius 2 is 2.11 bits per heavy atom. The second-order valence-corrected chi connectivity index (χ2v) is 5.66. The highest BCUT2D eigenvalue weighted by Gasteiger charge is 2.28. The van der Waals surface area contributed by atoms with Crippen molar-refractivity contribution in [2.45, 2.75) is 20.8 Å². The number of rotatable bonds is 4. The van der Waals surface area contributed by atoms with Crippen LogP contribution in [0.3, 0.4) is 0 Å². The number of hydrogen-bond acceptors (Lipinski definition) is 3. The Balaban J connectivity index is 2.81. The van der Waals surface area contributed by atoms with E-state index in [4.69, 9.17) is 4.74 Å². The number of ether oxygens (including phenoxy) is 1. The van der Waals surface area contributed by atoms with Crippen molar-refractivity contribution in [1.82, 2.24) is 0 Å². The van der Waals surface area contributed by atoms with Crippen LogP contribution in [0.5, 0.6) is 0 Å². The maximum absolute atomic E-state index is 13.3. The highest BCUT2D eigenvalue weighted by atomic mass is 79.9. The SMILES string of the molecule is COC(=O)C(C)(C)CNc1cc(Br)c(F)cc1C. The number of carbonyl (C=O) groups is 1. The summed E-state index contributed by atoms with van der Waals surface area (Å²) in [5.41, 5.74) is 0.943. The Labute approximate surface area is 115 Å². The molecule has 18 heavy (non-hydrogen) atoms. The molecule has 0 amide bonds. The average molecular weight is 318 g/mol. The van der Waals surface area contributed by atoms with E-state index in [1.165, 1.54) is 13.2 Å². The highest BCUT2D eigenvalue weighted by molar-refractivity contribution is 9.10. The number of benzene rings is 1. The number of anilines is 1. The molecule has 0 spiro atoms. The predicted octanol–water partition coefficient (Wildman–Crippen LogP) is 3.51. The van der Waals surface area contributed by atoms with Crippen molar-refractivity contribution in [1.29, 1.82) is 0 Å². The summed E-state index contributed by atoms with van der Waals surface area (Å²) in [5.74, 6) is -0.584. The molecule has 0 radical (unpaired) electrons. The highest BCUT2D eigenvalue weighted by Crippen LogP contribution is 2.26. The quantitative estimate of drug-likeness (QED) is 0.864. The minimum atomic E-state index is -0.637. The zero-order chi connectivity index (χ0) is 13.9. The number of esters is 1. The van der Waals surface area contributed by atoms with Gasteiger partial charge in [-0.3, -0.25) is 4.79 Å². The van der Waals surface area contributed by atoms with Crippen LogP contribution >= 0.6 is 15.9 Å². The van der Waals surface area contributed by atoms with Crippen LogP contribution in [0.15, 0.2) is 16.6 Å². The van der Waals surface area contributed by atoms with Crippen LogP contribution in [-0.4, -0.2) is 19.6 Å². The van der Waals surface area contributed by atoms with Gasteiger partial charge in [0.25, 0.3) is 0 Å². The summed E-state index contributed by atoms with van der Waals surface area (Å²) in [7, 11) is 1.36. The number of methoxy groups -OCH3 is 1. The zero-order valence-corrected chi connectivity index (χ0v) is 12.5. The number of carbonyl (C=O) groups excluding carboxylic acids is 1. The minimum Gasteiger partial charge on any atom is -0.469 e. The van der Waals surface area contributed by atoms with Gasteiger partial charge in [0.1, 0.15) is 5.82 Å². The largest absolute Gasteiger partial charge is 0.469 e. The minimum absolute atomic E-state index is 0.283. The molecule has 0 aromatic heterocycles. The first-order chi connectivity index (χ1) is 8.27. The molecule has 1 N–H and O–H groups in total. The van der Waals surface area contributed by atoms with Gasteiger partial charge in [-0.1, -0.05) is 0 Å². The predicted molar refractivity (Wildman–Crippen MR) is 73.1 cm³/mol. The zero-order valence-electron chi connectivity index (χ0n) is 10.9. The van der Waals surface area contributed by atoms with E-state index >= 15 is 0 Å². The molecule has 0 heterocycles. The fraction of sp³-hybridized carbons (Fsp3) is 0.462. The summed E-state index contributed by atoms with van der Waals surface area (Å²) in [6.07, 6.45) is 0. The monoisotopic (exact) mass is 317 g/mol. The van der Waals surface area contributed by atoms with Crippen molar-refractivity contribution in [3.05, 3.63) is 28.0 Å². The summed E-state index contributed by atoms with van der Waals surface area (Å²) < 4.78 is 18.4. The molecule has 0 aliphatic carbocycles. The second kappa shape index (κ2) is 5.69. The van der Waals surface area contributed by atoms with E-state index in [-0.39, 0.29) is 11.8 Å². The lowest BCUT2D eigenvalue weighted by molar-refractivity contribution is -0.149. The third kappa shape index (κ3) is 3.45. The van der Waals surface area contributed by atoms with Crippen molar-refractivity contribution in [2.75, 3.05) is 19.0 Å². The lowest BCUT2D eigenvalue weighted by atomic mass is 9.93. The van der Waals surface area contributed by atoms with Crippen LogP contribution in [0.25, 0.3) is 0 Å². The molecule has 0 saturated heterocycles. The van der Waals surface area contributed by atoms with Crippen molar-refractivity contribution in [3.63, 3.8) is 0 Å². The fourth-order valence-corrected chi connectivity index (χ4v) is 1.84. The molecule has 1 rings (SSSR count). The third-order valence-corrected chi connectivity index (χ3v) is 3.33. The molecule has 0 saturated carbocycles. The van der Waals surface area contributed by atoms with E-state index in [0.717, 1.165) is 11.3 Å². The number of halogens is 2. The van der Waals surface area contributed by atoms with Gasteiger partial charge in [-0.25, -0.2) is 4.39 Å². The Hall–Kier alpha value is -1.10. The maximum atomic E-state index is 13.3. The van der Waals surface area contributed by atoms with Gasteiger partial charge in [0.15, 0.2) is 0 Å². The van der Waals surface area contributed by atoms with Crippen molar-refractivity contribution >= 4 is 27.6 Å². The van der Waals surface area contributed by atoms with E-state index in [0.29, 0.717) is 11.0 Å². The molecule has 3 nitrogen and oxygen atoms in total. The van der Waals surface area contributed by atoms with Crippen LogP contribution in [0.1, 0.15) is 19.4 Å². The van der Waals surface area contributed by atoms with Gasteiger partial charge in [0.05, 0.1) is 17.0 Å². The first kappa shape index (κ1) is 15.0. The van der Waals surface area contributed by atoms with Gasteiger partial charge in [0.2, 0.25) is 0 Å². The Morgan fingerprint density at radius 1 is 1.50 bits per heavy atom. The van der Waals surface area contributed by atoms with Crippen molar-refractivity contribution < 1.29 is 13.9 Å². The van der Waals surface area contributed by atoms with Gasteiger partial charge in [-0.15, -0.1) is 0 Å². The normalized spacial score (nSPS) is 11.2. The smallest absolute Gasteiger partial charge is 0.313 e. The van der Waals surface area contributed by atoms with Gasteiger partial charge in [-0.2, -0.15) is 0 Å². The molecule has 0 aliphatic rings. The summed E-state index contributed by atoms with van der Waals surface area (Å²) in [5, 5.41) is 3.14.